The highest BCUT2D eigenvalue weighted by Crippen LogP contribution is 2.24. The maximum atomic E-state index is 12.4. The number of aromatic hydroxyl groups is 1. The summed E-state index contributed by atoms with van der Waals surface area (Å²) in [6.45, 7) is 5.56. The number of amides is 1. The molecule has 1 heterocycles. The summed E-state index contributed by atoms with van der Waals surface area (Å²) < 4.78 is 6.06. The van der Waals surface area contributed by atoms with Gasteiger partial charge in [0.25, 0.3) is 0 Å². The molecule has 0 atom stereocenters. The average molecular weight is 304 g/mol. The van der Waals surface area contributed by atoms with Crippen LogP contribution in [-0.4, -0.2) is 21.9 Å². The van der Waals surface area contributed by atoms with Gasteiger partial charge in [0.1, 0.15) is 11.4 Å². The van der Waals surface area contributed by atoms with E-state index >= 15 is 0 Å². The Morgan fingerprint density at radius 3 is 2.41 bits per heavy atom. The van der Waals surface area contributed by atoms with Crippen LogP contribution in [0.2, 0.25) is 0 Å². The lowest BCUT2D eigenvalue weighted by atomic mass is 10.1. The van der Waals surface area contributed by atoms with Gasteiger partial charge in [-0.1, -0.05) is 13.8 Å². The highest BCUT2D eigenvalue weighted by Gasteiger charge is 2.21. The number of hydrogen-bond donors (Lipinski definition) is 2. The number of benzene rings is 1. The summed E-state index contributed by atoms with van der Waals surface area (Å²) in [5.41, 5.74) is 0.822. The van der Waals surface area contributed by atoms with E-state index in [4.69, 9.17) is 4.52 Å². The number of carbonyl (C=O) groups excluding carboxylic acids is 1. The summed E-state index contributed by atoms with van der Waals surface area (Å²) >= 11 is 0. The normalized spacial score (nSPS) is 10.9. The molecule has 6 heteroatoms. The van der Waals surface area contributed by atoms with Gasteiger partial charge in [0, 0.05) is 11.6 Å². The molecule has 118 valence electrons. The zero-order chi connectivity index (χ0) is 16.3. The third kappa shape index (κ3) is 3.05. The third-order valence-electron chi connectivity index (χ3n) is 3.68. The molecule has 0 saturated carbocycles. The Bertz CT molecular complexity index is 709. The Morgan fingerprint density at radius 2 is 1.86 bits per heavy atom. The molecule has 0 bridgehead atoms. The number of phenolic OH excluding ortho intramolecular Hbond substituents is 1. The smallest absolute Gasteiger partial charge is 0.361 e. The van der Waals surface area contributed by atoms with Crippen LogP contribution in [0.5, 0.6) is 5.75 Å². The summed E-state index contributed by atoms with van der Waals surface area (Å²) in [4.78, 5) is 24.2. The van der Waals surface area contributed by atoms with E-state index in [1.54, 1.807) is 19.1 Å². The van der Waals surface area contributed by atoms with Crippen molar-refractivity contribution in [3.05, 3.63) is 40.2 Å². The Hall–Kier alpha value is -2.50. The predicted molar refractivity (Wildman–Crippen MR) is 83.1 cm³/mol. The van der Waals surface area contributed by atoms with Crippen LogP contribution >= 0.6 is 0 Å². The molecule has 2 aromatic rings. The van der Waals surface area contributed by atoms with E-state index in [0.717, 1.165) is 17.6 Å². The second-order valence-electron chi connectivity index (χ2n) is 5.16. The van der Waals surface area contributed by atoms with Crippen LogP contribution in [0.15, 0.2) is 33.6 Å². The van der Waals surface area contributed by atoms with E-state index in [1.165, 1.54) is 12.1 Å². The average Bonchev–Trinajstić information content (AvgIpc) is 2.81. The van der Waals surface area contributed by atoms with Crippen LogP contribution in [0, 0.1) is 6.92 Å². The first-order valence-electron chi connectivity index (χ1n) is 7.31. The molecular weight excluding hydrogens is 284 g/mol. The molecule has 0 unspecified atom stereocenters. The van der Waals surface area contributed by atoms with Gasteiger partial charge in [-0.25, -0.2) is 9.59 Å². The van der Waals surface area contributed by atoms with Crippen molar-refractivity contribution in [2.45, 2.75) is 39.7 Å². The SMILES string of the molecule is CCC(CC)NC(=O)n1oc(=O)c(C)c1-c1ccc(O)cc1. The maximum Gasteiger partial charge on any atom is 0.361 e. The van der Waals surface area contributed by atoms with Gasteiger partial charge in [-0.15, -0.1) is 4.74 Å². The predicted octanol–water partition coefficient (Wildman–Crippen LogP) is 2.87. The van der Waals surface area contributed by atoms with Gasteiger partial charge in [0.2, 0.25) is 0 Å². The molecule has 0 fully saturated rings. The van der Waals surface area contributed by atoms with Crippen molar-refractivity contribution in [1.29, 1.82) is 0 Å². The van der Waals surface area contributed by atoms with Gasteiger partial charge in [-0.2, -0.15) is 0 Å². The van der Waals surface area contributed by atoms with E-state index in [2.05, 4.69) is 5.32 Å². The molecular formula is C16H20N2O4. The molecule has 22 heavy (non-hydrogen) atoms. The second kappa shape index (κ2) is 6.51. The van der Waals surface area contributed by atoms with Crippen molar-refractivity contribution in [1.82, 2.24) is 10.1 Å². The lowest BCUT2D eigenvalue weighted by Gasteiger charge is -2.15. The molecule has 6 nitrogen and oxygen atoms in total. The van der Waals surface area contributed by atoms with Crippen molar-refractivity contribution in [3.8, 4) is 17.0 Å². The van der Waals surface area contributed by atoms with Gasteiger partial charge in [0.05, 0.1) is 5.56 Å². The Morgan fingerprint density at radius 1 is 1.27 bits per heavy atom. The molecule has 0 radical (unpaired) electrons. The highest BCUT2D eigenvalue weighted by molar-refractivity contribution is 5.82. The van der Waals surface area contributed by atoms with Crippen LogP contribution < -0.4 is 10.9 Å². The number of carbonyl (C=O) groups is 1. The molecule has 1 amide bonds. The summed E-state index contributed by atoms with van der Waals surface area (Å²) in [5, 5.41) is 12.2. The minimum Gasteiger partial charge on any atom is -0.508 e. The summed E-state index contributed by atoms with van der Waals surface area (Å²) in [7, 11) is 0. The standard InChI is InChI=1S/C16H20N2O4/c1-4-12(5-2)17-16(21)18-14(10(3)15(20)22-18)11-6-8-13(19)9-7-11/h6-9,12,19H,4-5H2,1-3H3,(H,17,21). The molecule has 0 saturated heterocycles. The molecule has 0 aliphatic rings. The van der Waals surface area contributed by atoms with Crippen molar-refractivity contribution in [3.63, 3.8) is 0 Å². The number of nitrogens with one attached hydrogen (secondary N) is 1. The Balaban J connectivity index is 2.45. The Kier molecular flexibility index (Phi) is 4.70. The minimum absolute atomic E-state index is 0.0215. The fraction of sp³-hybridized carbons (Fsp3) is 0.375. The maximum absolute atomic E-state index is 12.4. The minimum atomic E-state index is -0.553. The highest BCUT2D eigenvalue weighted by atomic mass is 16.5. The fourth-order valence-corrected chi connectivity index (χ4v) is 2.27. The zero-order valence-electron chi connectivity index (χ0n) is 12.9. The van der Waals surface area contributed by atoms with E-state index in [-0.39, 0.29) is 11.8 Å². The molecule has 2 N–H and O–H groups in total. The second-order valence-corrected chi connectivity index (χ2v) is 5.16. The first-order valence-corrected chi connectivity index (χ1v) is 7.31. The van der Waals surface area contributed by atoms with Crippen molar-refractivity contribution < 1.29 is 14.4 Å². The number of hydrogen-bond acceptors (Lipinski definition) is 4. The number of aromatic nitrogens is 1. The van der Waals surface area contributed by atoms with Gasteiger partial charge < -0.3 is 14.9 Å². The van der Waals surface area contributed by atoms with E-state index in [9.17, 15) is 14.7 Å². The lowest BCUT2D eigenvalue weighted by Crippen LogP contribution is -2.37. The van der Waals surface area contributed by atoms with Crippen LogP contribution in [0.1, 0.15) is 32.3 Å². The number of nitrogens with zero attached hydrogens (tertiary/aromatic N) is 1. The Labute approximate surface area is 128 Å². The van der Waals surface area contributed by atoms with Gasteiger partial charge >= 0.3 is 11.7 Å². The summed E-state index contributed by atoms with van der Waals surface area (Å²) in [6, 6.07) is 5.81. The molecule has 1 aromatic carbocycles. The van der Waals surface area contributed by atoms with Crippen LogP contribution in [-0.2, 0) is 0 Å². The van der Waals surface area contributed by atoms with Crippen molar-refractivity contribution in [2.24, 2.45) is 0 Å². The number of rotatable bonds is 4. The van der Waals surface area contributed by atoms with E-state index in [1.807, 2.05) is 13.8 Å². The van der Waals surface area contributed by atoms with Crippen LogP contribution in [0.4, 0.5) is 4.79 Å². The van der Waals surface area contributed by atoms with Gasteiger partial charge in [0.15, 0.2) is 0 Å². The lowest BCUT2D eigenvalue weighted by molar-refractivity contribution is 0.203. The quantitative estimate of drug-likeness (QED) is 0.909. The summed E-state index contributed by atoms with van der Waals surface area (Å²) in [5.74, 6) is 0.111. The van der Waals surface area contributed by atoms with Crippen molar-refractivity contribution in [2.75, 3.05) is 0 Å². The topological polar surface area (TPSA) is 84.5 Å². The fourth-order valence-electron chi connectivity index (χ4n) is 2.27. The van der Waals surface area contributed by atoms with E-state index < -0.39 is 11.7 Å². The first-order chi connectivity index (χ1) is 10.5. The van der Waals surface area contributed by atoms with Crippen LogP contribution in [0.25, 0.3) is 11.3 Å². The molecule has 0 aliphatic carbocycles. The van der Waals surface area contributed by atoms with Gasteiger partial charge in [-0.05, 0) is 44.0 Å². The number of phenols is 1. The third-order valence-corrected chi connectivity index (χ3v) is 3.68. The molecule has 0 aliphatic heterocycles. The zero-order valence-corrected chi connectivity index (χ0v) is 12.9. The summed E-state index contributed by atoms with van der Waals surface area (Å²) in [6.07, 6.45) is 1.59. The molecule has 1 aromatic heterocycles. The molecule has 2 rings (SSSR count). The van der Waals surface area contributed by atoms with Crippen molar-refractivity contribution >= 4 is 6.03 Å². The van der Waals surface area contributed by atoms with Gasteiger partial charge in [-0.3, -0.25) is 0 Å². The first kappa shape index (κ1) is 15.9. The molecule has 0 spiro atoms. The van der Waals surface area contributed by atoms with E-state index in [0.29, 0.717) is 16.8 Å². The largest absolute Gasteiger partial charge is 0.508 e. The van der Waals surface area contributed by atoms with Crippen LogP contribution in [0.3, 0.4) is 0 Å². The monoisotopic (exact) mass is 304 g/mol.